The summed E-state index contributed by atoms with van der Waals surface area (Å²) in [6, 6.07) is 14.6. The van der Waals surface area contributed by atoms with Gasteiger partial charge in [0.25, 0.3) is 5.91 Å². The normalized spacial score (nSPS) is 17.6. The lowest BCUT2D eigenvalue weighted by Crippen LogP contribution is -2.40. The maximum Gasteiger partial charge on any atom is 0.267 e. The Bertz CT molecular complexity index is 1310. The molecule has 3 N–H and O–H groups in total. The second-order valence-electron chi connectivity index (χ2n) is 9.41. The molecule has 1 aromatic heterocycles. The van der Waals surface area contributed by atoms with Crippen LogP contribution in [0.15, 0.2) is 54.7 Å². The number of imide groups is 1. The van der Waals surface area contributed by atoms with E-state index in [1.165, 1.54) is 33.1 Å². The topological polar surface area (TPSA) is 106 Å². The lowest BCUT2D eigenvalue weighted by atomic mass is 10.0. The van der Waals surface area contributed by atoms with Crippen molar-refractivity contribution in [3.63, 3.8) is 0 Å². The van der Waals surface area contributed by atoms with Crippen molar-refractivity contribution in [1.29, 1.82) is 0 Å². The first-order valence-corrected chi connectivity index (χ1v) is 12.4. The monoisotopic (exact) mass is 486 g/mol. The zero-order valence-electron chi connectivity index (χ0n) is 20.1. The molecular formula is C28H30N4O4. The SMILES string of the molecule is O=C(C=Cc1ccc2c(c1)CCC2N(CCc1c[nH]c2ccccc12)CCN1C(=O)CCC1=O)NO. The molecule has 5 rings (SSSR count). The van der Waals surface area contributed by atoms with Gasteiger partial charge < -0.3 is 4.98 Å². The molecule has 8 heteroatoms. The third-order valence-corrected chi connectivity index (χ3v) is 7.30. The van der Waals surface area contributed by atoms with Gasteiger partial charge in [0.15, 0.2) is 0 Å². The van der Waals surface area contributed by atoms with E-state index in [4.69, 9.17) is 5.21 Å². The molecule has 3 amide bonds. The number of amides is 3. The fourth-order valence-electron chi connectivity index (χ4n) is 5.43. The molecule has 2 aliphatic rings. The smallest absolute Gasteiger partial charge is 0.267 e. The van der Waals surface area contributed by atoms with Crippen LogP contribution >= 0.6 is 0 Å². The summed E-state index contributed by atoms with van der Waals surface area (Å²) in [5.41, 5.74) is 7.36. The number of benzene rings is 2. The Labute approximate surface area is 209 Å². The molecule has 0 radical (unpaired) electrons. The summed E-state index contributed by atoms with van der Waals surface area (Å²) in [6.07, 6.45) is 8.39. The van der Waals surface area contributed by atoms with Crippen molar-refractivity contribution in [1.82, 2.24) is 20.3 Å². The van der Waals surface area contributed by atoms with E-state index >= 15 is 0 Å². The van der Waals surface area contributed by atoms with Crippen molar-refractivity contribution in [2.75, 3.05) is 19.6 Å². The number of aromatic amines is 1. The van der Waals surface area contributed by atoms with Gasteiger partial charge in [-0.25, -0.2) is 5.48 Å². The number of nitrogens with one attached hydrogen (secondary N) is 2. The number of aromatic nitrogens is 1. The third-order valence-electron chi connectivity index (χ3n) is 7.30. The summed E-state index contributed by atoms with van der Waals surface area (Å²) in [6.45, 7) is 1.84. The summed E-state index contributed by atoms with van der Waals surface area (Å²) in [5.74, 6) is -0.721. The fourth-order valence-corrected chi connectivity index (χ4v) is 5.43. The summed E-state index contributed by atoms with van der Waals surface area (Å²) in [7, 11) is 0. The van der Waals surface area contributed by atoms with Gasteiger partial charge in [0.1, 0.15) is 0 Å². The van der Waals surface area contributed by atoms with Crippen molar-refractivity contribution in [3.05, 3.63) is 77.0 Å². The van der Waals surface area contributed by atoms with Crippen LogP contribution in [-0.2, 0) is 27.2 Å². The summed E-state index contributed by atoms with van der Waals surface area (Å²) >= 11 is 0. The van der Waals surface area contributed by atoms with Crippen molar-refractivity contribution >= 4 is 34.7 Å². The molecule has 0 saturated carbocycles. The molecule has 1 aliphatic heterocycles. The van der Waals surface area contributed by atoms with E-state index in [2.05, 4.69) is 40.3 Å². The van der Waals surface area contributed by atoms with E-state index in [0.717, 1.165) is 36.9 Å². The highest BCUT2D eigenvalue weighted by atomic mass is 16.5. The Morgan fingerprint density at radius 3 is 2.72 bits per heavy atom. The molecule has 1 aliphatic carbocycles. The number of rotatable bonds is 9. The molecule has 186 valence electrons. The number of hydrogen-bond acceptors (Lipinski definition) is 5. The zero-order chi connectivity index (χ0) is 25.1. The molecular weight excluding hydrogens is 456 g/mol. The van der Waals surface area contributed by atoms with Crippen LogP contribution in [0, 0.1) is 0 Å². The predicted molar refractivity (Wildman–Crippen MR) is 136 cm³/mol. The van der Waals surface area contributed by atoms with Crippen LogP contribution < -0.4 is 5.48 Å². The standard InChI is InChI=1S/C28H30N4O4/c33-26(30-36)10-6-19-5-8-23-20(17-19)7-9-25(23)31(15-16-32-27(34)11-12-28(32)35)14-13-21-18-29-24-4-2-1-3-22(21)24/h1-6,8,10,17-18,25,29,36H,7,9,11-16H2,(H,30,33). The van der Waals surface area contributed by atoms with Crippen LogP contribution in [0.1, 0.15) is 47.6 Å². The van der Waals surface area contributed by atoms with E-state index in [1.807, 2.05) is 18.2 Å². The Kier molecular flexibility index (Phi) is 6.97. The molecule has 1 fully saturated rings. The van der Waals surface area contributed by atoms with Gasteiger partial charge in [0.05, 0.1) is 0 Å². The van der Waals surface area contributed by atoms with Crippen molar-refractivity contribution < 1.29 is 19.6 Å². The van der Waals surface area contributed by atoms with E-state index in [9.17, 15) is 14.4 Å². The van der Waals surface area contributed by atoms with Crippen LogP contribution in [0.3, 0.4) is 0 Å². The maximum atomic E-state index is 12.2. The highest BCUT2D eigenvalue weighted by molar-refractivity contribution is 6.01. The van der Waals surface area contributed by atoms with Gasteiger partial charge in [0.2, 0.25) is 11.8 Å². The van der Waals surface area contributed by atoms with Crippen LogP contribution in [-0.4, -0.2) is 57.3 Å². The number of likely N-dealkylation sites (tertiary alicyclic amines) is 1. The quantitative estimate of drug-likeness (QED) is 0.186. The van der Waals surface area contributed by atoms with Crippen LogP contribution in [0.2, 0.25) is 0 Å². The Morgan fingerprint density at radius 1 is 1.11 bits per heavy atom. The molecule has 0 bridgehead atoms. The first-order chi connectivity index (χ1) is 17.5. The molecule has 8 nitrogen and oxygen atoms in total. The number of fused-ring (bicyclic) bond motifs is 2. The number of carbonyl (C=O) groups excluding carboxylic acids is 3. The van der Waals surface area contributed by atoms with Crippen LogP contribution in [0.25, 0.3) is 17.0 Å². The Morgan fingerprint density at radius 2 is 1.92 bits per heavy atom. The lowest BCUT2D eigenvalue weighted by molar-refractivity contribution is -0.138. The number of para-hydroxylation sites is 1. The molecule has 1 atom stereocenters. The maximum absolute atomic E-state index is 12.2. The van der Waals surface area contributed by atoms with Gasteiger partial charge in [-0.2, -0.15) is 0 Å². The summed E-state index contributed by atoms with van der Waals surface area (Å²) in [5, 5.41) is 9.92. The van der Waals surface area contributed by atoms with Gasteiger partial charge in [0, 0.05) is 61.7 Å². The van der Waals surface area contributed by atoms with Crippen LogP contribution in [0.4, 0.5) is 0 Å². The number of carbonyl (C=O) groups is 3. The molecule has 0 spiro atoms. The number of hydroxylamine groups is 1. The Hall–Kier alpha value is -3.75. The first kappa shape index (κ1) is 24.0. The van der Waals surface area contributed by atoms with Crippen molar-refractivity contribution in [2.45, 2.75) is 38.1 Å². The molecule has 3 aromatic rings. The van der Waals surface area contributed by atoms with Crippen molar-refractivity contribution in [2.24, 2.45) is 0 Å². The highest BCUT2D eigenvalue weighted by Gasteiger charge is 2.32. The van der Waals surface area contributed by atoms with E-state index in [1.54, 1.807) is 11.6 Å². The third kappa shape index (κ3) is 4.96. The minimum atomic E-state index is -0.567. The average Bonchev–Trinajstić information content (AvgIpc) is 3.60. The molecule has 1 unspecified atom stereocenters. The first-order valence-electron chi connectivity index (χ1n) is 12.4. The molecule has 1 saturated heterocycles. The van der Waals surface area contributed by atoms with Crippen LogP contribution in [0.5, 0.6) is 0 Å². The van der Waals surface area contributed by atoms with Gasteiger partial charge in [-0.1, -0.05) is 36.4 Å². The van der Waals surface area contributed by atoms with Crippen molar-refractivity contribution in [3.8, 4) is 0 Å². The van der Waals surface area contributed by atoms with Gasteiger partial charge in [-0.05, 0) is 53.7 Å². The number of aryl methyl sites for hydroxylation is 1. The minimum absolute atomic E-state index is 0.0771. The fraction of sp³-hybridized carbons (Fsp3) is 0.321. The minimum Gasteiger partial charge on any atom is -0.361 e. The average molecular weight is 487 g/mol. The van der Waals surface area contributed by atoms with E-state index < -0.39 is 5.91 Å². The molecule has 36 heavy (non-hydrogen) atoms. The van der Waals surface area contributed by atoms with Gasteiger partial charge in [-0.15, -0.1) is 0 Å². The van der Waals surface area contributed by atoms with Gasteiger partial charge >= 0.3 is 0 Å². The number of nitrogens with zero attached hydrogens (tertiary/aromatic N) is 2. The highest BCUT2D eigenvalue weighted by Crippen LogP contribution is 2.37. The summed E-state index contributed by atoms with van der Waals surface area (Å²) in [4.78, 5) is 42.9. The second-order valence-corrected chi connectivity index (χ2v) is 9.41. The van der Waals surface area contributed by atoms with Gasteiger partial charge in [-0.3, -0.25) is 29.4 Å². The number of H-pyrrole nitrogens is 1. The molecule has 2 aromatic carbocycles. The zero-order valence-corrected chi connectivity index (χ0v) is 20.1. The lowest BCUT2D eigenvalue weighted by Gasteiger charge is -2.31. The largest absolute Gasteiger partial charge is 0.361 e. The second kappa shape index (κ2) is 10.5. The predicted octanol–water partition coefficient (Wildman–Crippen LogP) is 3.37. The number of hydrogen-bond donors (Lipinski definition) is 3. The van der Waals surface area contributed by atoms with E-state index in [0.29, 0.717) is 25.9 Å². The van der Waals surface area contributed by atoms with E-state index in [-0.39, 0.29) is 17.9 Å². The Balaban J connectivity index is 1.35. The summed E-state index contributed by atoms with van der Waals surface area (Å²) < 4.78 is 0. The molecule has 2 heterocycles.